The molecule has 0 aliphatic heterocycles. The Labute approximate surface area is 94.9 Å². The quantitative estimate of drug-likeness (QED) is 0.782. The molecule has 1 N–H and O–H groups in total. The monoisotopic (exact) mass is 220 g/mol. The fourth-order valence-electron chi connectivity index (χ4n) is 1.83. The number of nitrogens with one attached hydrogen (secondary N) is 1. The topological polar surface area (TPSA) is 28.7 Å². The highest BCUT2D eigenvalue weighted by Crippen LogP contribution is 2.28. The second-order valence-corrected chi connectivity index (χ2v) is 5.14. The minimum Gasteiger partial charge on any atom is -0.342 e. The Kier molecular flexibility index (Phi) is 2.49. The van der Waals surface area contributed by atoms with E-state index in [1.165, 1.54) is 0 Å². The van der Waals surface area contributed by atoms with Crippen molar-refractivity contribution < 1.29 is 4.39 Å². The lowest BCUT2D eigenvalue weighted by Crippen LogP contribution is -2.13. The fourth-order valence-corrected chi connectivity index (χ4v) is 1.83. The van der Waals surface area contributed by atoms with Crippen molar-refractivity contribution in [2.24, 2.45) is 0 Å². The zero-order chi connectivity index (χ0) is 11.9. The highest BCUT2D eigenvalue weighted by atomic mass is 19.1. The van der Waals surface area contributed by atoms with E-state index >= 15 is 0 Å². The predicted octanol–water partition coefficient (Wildman–Crippen LogP) is 3.56. The number of imidazole rings is 1. The van der Waals surface area contributed by atoms with Gasteiger partial charge >= 0.3 is 0 Å². The largest absolute Gasteiger partial charge is 0.342 e. The van der Waals surface area contributed by atoms with E-state index in [4.69, 9.17) is 0 Å². The van der Waals surface area contributed by atoms with E-state index in [1.807, 2.05) is 33.8 Å². The SMILES string of the molecule is CCc1nc2cc(C(C)(C)C)c(F)cc2[nH]1. The normalized spacial score (nSPS) is 12.3. The number of aryl methyl sites for hydroxylation is 1. The van der Waals surface area contributed by atoms with Gasteiger partial charge in [-0.2, -0.15) is 0 Å². The van der Waals surface area contributed by atoms with Gasteiger partial charge < -0.3 is 4.98 Å². The average Bonchev–Trinajstić information content (AvgIpc) is 2.56. The number of hydrogen-bond acceptors (Lipinski definition) is 1. The maximum Gasteiger partial charge on any atom is 0.129 e. The third kappa shape index (κ3) is 1.82. The van der Waals surface area contributed by atoms with Gasteiger partial charge in [-0.05, 0) is 23.1 Å². The zero-order valence-electron chi connectivity index (χ0n) is 10.2. The van der Waals surface area contributed by atoms with Crippen LogP contribution in [0, 0.1) is 5.82 Å². The second kappa shape index (κ2) is 3.58. The van der Waals surface area contributed by atoms with Crippen LogP contribution in [-0.4, -0.2) is 9.97 Å². The Morgan fingerprint density at radius 1 is 1.31 bits per heavy atom. The maximum atomic E-state index is 13.9. The van der Waals surface area contributed by atoms with Gasteiger partial charge in [0.1, 0.15) is 11.6 Å². The van der Waals surface area contributed by atoms with Crippen LogP contribution in [0.3, 0.4) is 0 Å². The van der Waals surface area contributed by atoms with Gasteiger partial charge in [0.2, 0.25) is 0 Å². The Morgan fingerprint density at radius 3 is 2.56 bits per heavy atom. The van der Waals surface area contributed by atoms with Crippen molar-refractivity contribution in [2.75, 3.05) is 0 Å². The Balaban J connectivity index is 2.66. The number of aromatic nitrogens is 2. The van der Waals surface area contributed by atoms with Crippen LogP contribution in [0.15, 0.2) is 12.1 Å². The highest BCUT2D eigenvalue weighted by Gasteiger charge is 2.19. The van der Waals surface area contributed by atoms with E-state index in [-0.39, 0.29) is 11.2 Å². The van der Waals surface area contributed by atoms with Gasteiger partial charge in [-0.1, -0.05) is 27.7 Å². The molecule has 1 heterocycles. The van der Waals surface area contributed by atoms with Gasteiger partial charge in [-0.3, -0.25) is 0 Å². The first kappa shape index (κ1) is 11.1. The average molecular weight is 220 g/mol. The zero-order valence-corrected chi connectivity index (χ0v) is 10.2. The predicted molar refractivity (Wildman–Crippen MR) is 64.1 cm³/mol. The smallest absolute Gasteiger partial charge is 0.129 e. The lowest BCUT2D eigenvalue weighted by molar-refractivity contribution is 0.524. The van der Waals surface area contributed by atoms with Crippen molar-refractivity contribution in [3.05, 3.63) is 29.3 Å². The summed E-state index contributed by atoms with van der Waals surface area (Å²) in [5.41, 5.74) is 2.16. The minimum absolute atomic E-state index is 0.161. The molecule has 0 bridgehead atoms. The molecule has 0 aliphatic carbocycles. The van der Waals surface area contributed by atoms with E-state index in [0.29, 0.717) is 5.56 Å². The number of aromatic amines is 1. The molecule has 1 aromatic carbocycles. The highest BCUT2D eigenvalue weighted by molar-refractivity contribution is 5.76. The Bertz CT molecular complexity index is 520. The van der Waals surface area contributed by atoms with Gasteiger partial charge in [-0.15, -0.1) is 0 Å². The van der Waals surface area contributed by atoms with E-state index in [1.54, 1.807) is 6.07 Å². The summed E-state index contributed by atoms with van der Waals surface area (Å²) in [6, 6.07) is 3.39. The van der Waals surface area contributed by atoms with E-state index in [0.717, 1.165) is 23.3 Å². The molecular formula is C13H17FN2. The first-order valence-electron chi connectivity index (χ1n) is 5.60. The van der Waals surface area contributed by atoms with Crippen LogP contribution < -0.4 is 0 Å². The van der Waals surface area contributed by atoms with Crippen molar-refractivity contribution in [1.82, 2.24) is 9.97 Å². The van der Waals surface area contributed by atoms with Crippen molar-refractivity contribution in [3.63, 3.8) is 0 Å². The Morgan fingerprint density at radius 2 is 2.00 bits per heavy atom. The van der Waals surface area contributed by atoms with Crippen LogP contribution in [0.2, 0.25) is 0 Å². The summed E-state index contributed by atoms with van der Waals surface area (Å²) in [5, 5.41) is 0. The fraction of sp³-hybridized carbons (Fsp3) is 0.462. The number of benzene rings is 1. The molecular weight excluding hydrogens is 203 g/mol. The standard InChI is InChI=1S/C13H17FN2/c1-5-12-15-10-6-8(13(2,3)4)9(14)7-11(10)16-12/h6-7H,5H2,1-4H3,(H,15,16). The molecule has 0 radical (unpaired) electrons. The van der Waals surface area contributed by atoms with Gasteiger partial charge in [0.15, 0.2) is 0 Å². The maximum absolute atomic E-state index is 13.9. The first-order valence-corrected chi connectivity index (χ1v) is 5.60. The molecule has 0 spiro atoms. The van der Waals surface area contributed by atoms with Gasteiger partial charge in [-0.25, -0.2) is 9.37 Å². The lowest BCUT2D eigenvalue weighted by atomic mass is 9.86. The van der Waals surface area contributed by atoms with Crippen LogP contribution in [0.1, 0.15) is 39.1 Å². The number of fused-ring (bicyclic) bond motifs is 1. The van der Waals surface area contributed by atoms with Crippen molar-refractivity contribution in [1.29, 1.82) is 0 Å². The number of H-pyrrole nitrogens is 1. The van der Waals surface area contributed by atoms with Gasteiger partial charge in [0.25, 0.3) is 0 Å². The summed E-state index contributed by atoms with van der Waals surface area (Å²) < 4.78 is 13.9. The van der Waals surface area contributed by atoms with Crippen molar-refractivity contribution in [2.45, 2.75) is 39.5 Å². The molecule has 2 aromatic rings. The summed E-state index contributed by atoms with van der Waals surface area (Å²) in [6.07, 6.45) is 0.834. The number of rotatable bonds is 1. The summed E-state index contributed by atoms with van der Waals surface area (Å²) in [6.45, 7) is 8.04. The van der Waals surface area contributed by atoms with Gasteiger partial charge in [0, 0.05) is 6.42 Å². The number of nitrogens with zero attached hydrogens (tertiary/aromatic N) is 1. The number of halogens is 1. The summed E-state index contributed by atoms with van der Waals surface area (Å²) in [5.74, 6) is 0.742. The van der Waals surface area contributed by atoms with Crippen LogP contribution in [0.25, 0.3) is 11.0 Å². The molecule has 3 heteroatoms. The molecule has 0 fully saturated rings. The van der Waals surface area contributed by atoms with Crippen LogP contribution in [0.5, 0.6) is 0 Å². The minimum atomic E-state index is -0.191. The molecule has 1 aromatic heterocycles. The summed E-state index contributed by atoms with van der Waals surface area (Å²) >= 11 is 0. The van der Waals surface area contributed by atoms with Crippen LogP contribution in [-0.2, 0) is 11.8 Å². The second-order valence-electron chi connectivity index (χ2n) is 5.14. The lowest BCUT2D eigenvalue weighted by Gasteiger charge is -2.19. The third-order valence-electron chi connectivity index (χ3n) is 2.76. The first-order chi connectivity index (χ1) is 7.41. The molecule has 16 heavy (non-hydrogen) atoms. The third-order valence-corrected chi connectivity index (χ3v) is 2.76. The van der Waals surface area contributed by atoms with Gasteiger partial charge in [0.05, 0.1) is 11.0 Å². The van der Waals surface area contributed by atoms with Crippen LogP contribution in [0.4, 0.5) is 4.39 Å². The molecule has 2 nitrogen and oxygen atoms in total. The molecule has 86 valence electrons. The van der Waals surface area contributed by atoms with E-state index < -0.39 is 0 Å². The molecule has 0 amide bonds. The van der Waals surface area contributed by atoms with Crippen LogP contribution >= 0.6 is 0 Å². The van der Waals surface area contributed by atoms with E-state index in [9.17, 15) is 4.39 Å². The molecule has 0 atom stereocenters. The Hall–Kier alpha value is -1.38. The van der Waals surface area contributed by atoms with Crippen molar-refractivity contribution in [3.8, 4) is 0 Å². The van der Waals surface area contributed by atoms with E-state index in [2.05, 4.69) is 9.97 Å². The molecule has 0 aliphatic rings. The summed E-state index contributed by atoms with van der Waals surface area (Å²) in [4.78, 5) is 7.54. The summed E-state index contributed by atoms with van der Waals surface area (Å²) in [7, 11) is 0. The van der Waals surface area contributed by atoms with Crippen molar-refractivity contribution >= 4 is 11.0 Å². The molecule has 0 unspecified atom stereocenters. The molecule has 0 saturated carbocycles. The number of hydrogen-bond donors (Lipinski definition) is 1. The molecule has 2 rings (SSSR count). The molecule has 0 saturated heterocycles.